The van der Waals surface area contributed by atoms with Crippen molar-refractivity contribution in [2.45, 2.75) is 24.0 Å². The van der Waals surface area contributed by atoms with E-state index in [1.807, 2.05) is 0 Å². The molecule has 0 fully saturated rings. The summed E-state index contributed by atoms with van der Waals surface area (Å²) >= 11 is 0. The molecule has 5 nitrogen and oxygen atoms in total. The van der Waals surface area contributed by atoms with E-state index in [-0.39, 0.29) is 17.6 Å². The summed E-state index contributed by atoms with van der Waals surface area (Å²) < 4.78 is 61.0. The number of benzene rings is 1. The zero-order valence-corrected chi connectivity index (χ0v) is 14.9. The number of nitrogens with zero attached hydrogens (tertiary/aromatic N) is 1. The van der Waals surface area contributed by atoms with Gasteiger partial charge in [-0.25, -0.2) is 18.5 Å². The quantitative estimate of drug-likeness (QED) is 0.828. The van der Waals surface area contributed by atoms with Crippen molar-refractivity contribution in [2.75, 3.05) is 6.61 Å². The minimum absolute atomic E-state index is 0.0592. The van der Waals surface area contributed by atoms with Gasteiger partial charge in [-0.2, -0.15) is 13.2 Å². The highest BCUT2D eigenvalue weighted by Crippen LogP contribution is 2.43. The minimum Gasteiger partial charge on any atom is -0.396 e. The summed E-state index contributed by atoms with van der Waals surface area (Å²) in [5.41, 5.74) is 2.18. The molecular weight excluding hydrogens is 381 g/mol. The summed E-state index contributed by atoms with van der Waals surface area (Å²) in [7, 11) is -3.92. The van der Waals surface area contributed by atoms with Crippen LogP contribution in [0.15, 0.2) is 47.6 Å². The summed E-state index contributed by atoms with van der Waals surface area (Å²) in [5, 5.41) is 14.3. The lowest BCUT2D eigenvalue weighted by atomic mass is 9.97. The Kier molecular flexibility index (Phi) is 5.11. The van der Waals surface area contributed by atoms with Gasteiger partial charge in [0.1, 0.15) is 0 Å². The van der Waals surface area contributed by atoms with E-state index in [2.05, 4.69) is 4.98 Å². The number of nitrogens with two attached hydrogens (primary N) is 1. The van der Waals surface area contributed by atoms with Crippen LogP contribution in [0.3, 0.4) is 0 Å². The first-order valence-corrected chi connectivity index (χ1v) is 9.64. The first kappa shape index (κ1) is 19.5. The SMILES string of the molecule is NS(=O)(=O)c1ccc(C2=C(c3ccc(C(F)(F)F)cc3)CC(CO)C2)cn1. The fraction of sp³-hybridized carbons (Fsp3) is 0.278. The second-order valence-electron chi connectivity index (χ2n) is 6.42. The highest BCUT2D eigenvalue weighted by atomic mass is 32.2. The molecule has 144 valence electrons. The molecule has 0 spiro atoms. The molecule has 3 N–H and O–H groups in total. The van der Waals surface area contributed by atoms with Gasteiger partial charge >= 0.3 is 6.18 Å². The number of rotatable bonds is 4. The van der Waals surface area contributed by atoms with Crippen LogP contribution in [0.4, 0.5) is 13.2 Å². The van der Waals surface area contributed by atoms with Crippen molar-refractivity contribution < 1.29 is 26.7 Å². The van der Waals surface area contributed by atoms with E-state index in [4.69, 9.17) is 5.14 Å². The summed E-state index contributed by atoms with van der Waals surface area (Å²) in [6.07, 6.45) is -2.01. The molecule has 0 aliphatic heterocycles. The lowest BCUT2D eigenvalue weighted by Crippen LogP contribution is -2.13. The van der Waals surface area contributed by atoms with Crippen molar-refractivity contribution in [1.82, 2.24) is 4.98 Å². The van der Waals surface area contributed by atoms with Gasteiger partial charge in [0, 0.05) is 12.8 Å². The van der Waals surface area contributed by atoms with E-state index in [0.717, 1.165) is 23.3 Å². The predicted octanol–water partition coefficient (Wildman–Crippen LogP) is 3.06. The molecule has 1 aliphatic rings. The third kappa shape index (κ3) is 4.20. The van der Waals surface area contributed by atoms with Crippen LogP contribution in [0.5, 0.6) is 0 Å². The van der Waals surface area contributed by atoms with Gasteiger partial charge in [-0.15, -0.1) is 0 Å². The van der Waals surface area contributed by atoms with Crippen molar-refractivity contribution in [3.63, 3.8) is 0 Å². The number of hydrogen-bond donors (Lipinski definition) is 2. The number of hydrogen-bond acceptors (Lipinski definition) is 4. The number of aliphatic hydroxyl groups is 1. The third-order valence-corrected chi connectivity index (χ3v) is 5.37. The Balaban J connectivity index is 2.01. The van der Waals surface area contributed by atoms with Crippen LogP contribution in [-0.4, -0.2) is 25.1 Å². The second-order valence-corrected chi connectivity index (χ2v) is 7.93. The maximum absolute atomic E-state index is 12.8. The number of aliphatic hydroxyl groups excluding tert-OH is 1. The van der Waals surface area contributed by atoms with Gasteiger partial charge in [0.25, 0.3) is 10.0 Å². The molecule has 1 unspecified atom stereocenters. The van der Waals surface area contributed by atoms with Crippen LogP contribution in [0.25, 0.3) is 11.1 Å². The fourth-order valence-corrected chi connectivity index (χ4v) is 3.65. The summed E-state index contributed by atoms with van der Waals surface area (Å²) in [4.78, 5) is 3.86. The third-order valence-electron chi connectivity index (χ3n) is 4.55. The summed E-state index contributed by atoms with van der Waals surface area (Å²) in [6, 6.07) is 7.71. The normalized spacial score (nSPS) is 18.2. The minimum atomic E-state index is -4.41. The van der Waals surface area contributed by atoms with Gasteiger partial charge in [0.15, 0.2) is 5.03 Å². The Morgan fingerprint density at radius 2 is 1.59 bits per heavy atom. The predicted molar refractivity (Wildman–Crippen MR) is 93.7 cm³/mol. The monoisotopic (exact) mass is 398 g/mol. The van der Waals surface area contributed by atoms with Crippen molar-refractivity contribution in [2.24, 2.45) is 11.1 Å². The van der Waals surface area contributed by atoms with E-state index in [0.29, 0.717) is 24.0 Å². The molecule has 27 heavy (non-hydrogen) atoms. The van der Waals surface area contributed by atoms with Crippen LogP contribution in [-0.2, 0) is 16.2 Å². The molecule has 9 heteroatoms. The zero-order chi connectivity index (χ0) is 19.8. The number of pyridine rings is 1. The van der Waals surface area contributed by atoms with Gasteiger partial charge in [-0.1, -0.05) is 18.2 Å². The van der Waals surface area contributed by atoms with Crippen LogP contribution in [0.1, 0.15) is 29.5 Å². The van der Waals surface area contributed by atoms with E-state index >= 15 is 0 Å². The molecule has 1 atom stereocenters. The number of allylic oxidation sites excluding steroid dienone is 2. The second kappa shape index (κ2) is 7.06. The maximum atomic E-state index is 12.8. The van der Waals surface area contributed by atoms with Crippen LogP contribution in [0.2, 0.25) is 0 Å². The van der Waals surface area contributed by atoms with E-state index in [1.54, 1.807) is 6.07 Å². The first-order valence-electron chi connectivity index (χ1n) is 8.09. The Morgan fingerprint density at radius 1 is 1.04 bits per heavy atom. The molecule has 0 radical (unpaired) electrons. The number of primary sulfonamides is 1. The molecule has 0 bridgehead atoms. The molecular formula is C18H17F3N2O3S. The highest BCUT2D eigenvalue weighted by molar-refractivity contribution is 7.89. The molecule has 1 aliphatic carbocycles. The van der Waals surface area contributed by atoms with Gasteiger partial charge < -0.3 is 5.11 Å². The zero-order valence-electron chi connectivity index (χ0n) is 14.1. The van der Waals surface area contributed by atoms with Crippen LogP contribution in [0, 0.1) is 5.92 Å². The van der Waals surface area contributed by atoms with Gasteiger partial charge in [-0.3, -0.25) is 0 Å². The molecule has 2 aromatic rings. The lowest BCUT2D eigenvalue weighted by Gasteiger charge is -2.11. The summed E-state index contributed by atoms with van der Waals surface area (Å²) in [6.45, 7) is -0.0592. The summed E-state index contributed by atoms with van der Waals surface area (Å²) in [5.74, 6) is -0.0600. The first-order chi connectivity index (χ1) is 12.6. The molecule has 0 saturated carbocycles. The van der Waals surface area contributed by atoms with E-state index in [1.165, 1.54) is 24.4 Å². The van der Waals surface area contributed by atoms with E-state index < -0.39 is 21.8 Å². The Hall–Kier alpha value is -2.23. The lowest BCUT2D eigenvalue weighted by molar-refractivity contribution is -0.137. The van der Waals surface area contributed by atoms with Crippen molar-refractivity contribution in [3.05, 3.63) is 59.3 Å². The molecule has 0 saturated heterocycles. The number of aromatic nitrogens is 1. The highest BCUT2D eigenvalue weighted by Gasteiger charge is 2.31. The van der Waals surface area contributed by atoms with Gasteiger partial charge in [0.05, 0.1) is 5.56 Å². The molecule has 0 amide bonds. The number of sulfonamides is 1. The van der Waals surface area contributed by atoms with E-state index in [9.17, 15) is 26.7 Å². The number of alkyl halides is 3. The Bertz CT molecular complexity index is 966. The Labute approximate surface area is 154 Å². The maximum Gasteiger partial charge on any atom is 0.416 e. The molecule has 1 aromatic heterocycles. The molecule has 1 aromatic carbocycles. The largest absolute Gasteiger partial charge is 0.416 e. The van der Waals surface area contributed by atoms with Gasteiger partial charge in [-0.05, 0) is 59.2 Å². The topological polar surface area (TPSA) is 93.3 Å². The van der Waals surface area contributed by atoms with Crippen LogP contribution >= 0.6 is 0 Å². The molecule has 1 heterocycles. The Morgan fingerprint density at radius 3 is 2.04 bits per heavy atom. The van der Waals surface area contributed by atoms with Crippen molar-refractivity contribution in [1.29, 1.82) is 0 Å². The fourth-order valence-electron chi connectivity index (χ4n) is 3.20. The van der Waals surface area contributed by atoms with Crippen molar-refractivity contribution in [3.8, 4) is 0 Å². The smallest absolute Gasteiger partial charge is 0.396 e. The van der Waals surface area contributed by atoms with Gasteiger partial charge in [0.2, 0.25) is 0 Å². The average Bonchev–Trinajstić information content (AvgIpc) is 3.05. The standard InChI is InChI=1S/C18H17F3N2O3S/c19-18(20,21)14-4-1-12(2-5-14)15-7-11(10-24)8-16(15)13-3-6-17(23-9-13)27(22,25)26/h1-6,9,11,24H,7-8,10H2,(H2,22,25,26). The van der Waals surface area contributed by atoms with Crippen LogP contribution < -0.4 is 5.14 Å². The number of halogens is 3. The average molecular weight is 398 g/mol. The molecule has 3 rings (SSSR count). The van der Waals surface area contributed by atoms with Crippen molar-refractivity contribution >= 4 is 21.2 Å².